The summed E-state index contributed by atoms with van der Waals surface area (Å²) < 4.78 is 26.4. The molecule has 0 aromatic heterocycles. The highest BCUT2D eigenvalue weighted by molar-refractivity contribution is 7.89. The summed E-state index contributed by atoms with van der Waals surface area (Å²) >= 11 is 5.79. The largest absolute Gasteiger partial charge is 0.502 e. The molecule has 0 bridgehead atoms. The van der Waals surface area contributed by atoms with Crippen LogP contribution < -0.4 is 5.43 Å². The van der Waals surface area contributed by atoms with Gasteiger partial charge in [-0.2, -0.15) is 9.41 Å². The number of sulfonamides is 1. The van der Waals surface area contributed by atoms with Crippen molar-refractivity contribution in [1.82, 2.24) is 9.73 Å². The summed E-state index contributed by atoms with van der Waals surface area (Å²) in [6, 6.07) is 7.66. The molecular weight excluding hydrogens is 436 g/mol. The molecule has 0 atom stereocenters. The molecule has 2 aromatic carbocycles. The number of nitro benzene ring substituents is 1. The zero-order valence-corrected chi connectivity index (χ0v) is 17.6. The van der Waals surface area contributed by atoms with Gasteiger partial charge >= 0.3 is 5.69 Å². The maximum Gasteiger partial charge on any atom is 0.312 e. The number of nitro groups is 1. The number of aromatic hydroxyl groups is 1. The van der Waals surface area contributed by atoms with Crippen LogP contribution in [0.2, 0.25) is 5.02 Å². The van der Waals surface area contributed by atoms with Crippen LogP contribution in [0.4, 0.5) is 5.69 Å². The number of hydrazone groups is 1. The van der Waals surface area contributed by atoms with E-state index in [1.807, 2.05) is 0 Å². The first kappa shape index (κ1) is 23.3. The molecule has 1 amide bonds. The van der Waals surface area contributed by atoms with Crippen molar-refractivity contribution in [2.45, 2.75) is 18.7 Å². The summed E-state index contributed by atoms with van der Waals surface area (Å²) in [7, 11) is -3.74. The van der Waals surface area contributed by atoms with Crippen LogP contribution in [-0.4, -0.2) is 48.0 Å². The summed E-state index contributed by atoms with van der Waals surface area (Å²) in [4.78, 5) is 22.4. The summed E-state index contributed by atoms with van der Waals surface area (Å²) in [6.07, 6.45) is 0.989. The third kappa shape index (κ3) is 5.12. The standard InChI is InChI=1S/C18H19ClN4O6S/c1-3-22(4-2)30(28,29)15-7-5-6-12(9-15)18(25)21-20-11-13-8-14(19)10-16(17(13)24)23(26)27/h5-11,24H,3-4H2,1-2H3,(H,21,25)/b20-11-. The number of carbonyl (C=O) groups is 1. The number of carbonyl (C=O) groups excluding carboxylic acids is 1. The van der Waals surface area contributed by atoms with Gasteiger partial charge in [0.1, 0.15) is 0 Å². The average molecular weight is 455 g/mol. The summed E-state index contributed by atoms with van der Waals surface area (Å²) in [5.74, 6) is -1.37. The summed E-state index contributed by atoms with van der Waals surface area (Å²) in [5.41, 5.74) is 1.54. The second-order valence-corrected chi connectivity index (χ2v) is 8.31. The number of hydrogen-bond acceptors (Lipinski definition) is 7. The number of benzene rings is 2. The Hall–Kier alpha value is -3.02. The maximum atomic E-state index is 12.6. The van der Waals surface area contributed by atoms with Crippen molar-refractivity contribution in [1.29, 1.82) is 0 Å². The van der Waals surface area contributed by atoms with Gasteiger partial charge in [0, 0.05) is 35.3 Å². The Kier molecular flexibility index (Phi) is 7.48. The molecule has 0 unspecified atom stereocenters. The number of amides is 1. The van der Waals surface area contributed by atoms with Gasteiger partial charge in [0.05, 0.1) is 16.0 Å². The molecule has 0 radical (unpaired) electrons. The molecule has 0 heterocycles. The van der Waals surface area contributed by atoms with Crippen LogP contribution in [0.15, 0.2) is 46.4 Å². The van der Waals surface area contributed by atoms with Crippen molar-refractivity contribution in [2.24, 2.45) is 5.10 Å². The Bertz CT molecular complexity index is 1100. The van der Waals surface area contributed by atoms with Crippen molar-refractivity contribution in [3.8, 4) is 5.75 Å². The van der Waals surface area contributed by atoms with Crippen LogP contribution in [0, 0.1) is 10.1 Å². The second kappa shape index (κ2) is 9.65. The molecule has 0 aliphatic rings. The Labute approximate surface area is 178 Å². The van der Waals surface area contributed by atoms with Crippen LogP contribution in [0.25, 0.3) is 0 Å². The highest BCUT2D eigenvalue weighted by atomic mass is 35.5. The van der Waals surface area contributed by atoms with Gasteiger partial charge in [-0.3, -0.25) is 14.9 Å². The first-order valence-corrected chi connectivity index (χ1v) is 10.5. The molecule has 30 heavy (non-hydrogen) atoms. The second-order valence-electron chi connectivity index (χ2n) is 5.94. The smallest absolute Gasteiger partial charge is 0.312 e. The molecule has 2 aromatic rings. The predicted molar refractivity (Wildman–Crippen MR) is 111 cm³/mol. The van der Waals surface area contributed by atoms with Gasteiger partial charge < -0.3 is 5.11 Å². The fraction of sp³-hybridized carbons (Fsp3) is 0.222. The average Bonchev–Trinajstić information content (AvgIpc) is 2.70. The first-order chi connectivity index (χ1) is 14.1. The van der Waals surface area contributed by atoms with E-state index in [2.05, 4.69) is 10.5 Å². The lowest BCUT2D eigenvalue weighted by Gasteiger charge is -2.18. The monoisotopic (exact) mass is 454 g/mol. The number of nitrogens with one attached hydrogen (secondary N) is 1. The van der Waals surface area contributed by atoms with Gasteiger partial charge in [-0.05, 0) is 24.3 Å². The molecule has 0 aliphatic carbocycles. The normalized spacial score (nSPS) is 11.7. The topological polar surface area (TPSA) is 142 Å². The third-order valence-electron chi connectivity index (χ3n) is 4.09. The highest BCUT2D eigenvalue weighted by Gasteiger charge is 2.22. The summed E-state index contributed by atoms with van der Waals surface area (Å²) in [5, 5.41) is 24.5. The molecule has 0 saturated carbocycles. The fourth-order valence-corrected chi connectivity index (χ4v) is 4.30. The quantitative estimate of drug-likeness (QED) is 0.356. The molecule has 160 valence electrons. The van der Waals surface area contributed by atoms with Crippen LogP contribution in [-0.2, 0) is 10.0 Å². The minimum atomic E-state index is -3.74. The Morgan fingerprint density at radius 3 is 2.57 bits per heavy atom. The van der Waals surface area contributed by atoms with Gasteiger partial charge in [0.2, 0.25) is 15.8 Å². The van der Waals surface area contributed by atoms with E-state index in [4.69, 9.17) is 11.6 Å². The van der Waals surface area contributed by atoms with Crippen molar-refractivity contribution >= 4 is 39.4 Å². The number of rotatable bonds is 8. The molecular formula is C18H19ClN4O6S. The van der Waals surface area contributed by atoms with Gasteiger partial charge in [-0.1, -0.05) is 31.5 Å². The van der Waals surface area contributed by atoms with Gasteiger partial charge in [0.25, 0.3) is 5.91 Å². The first-order valence-electron chi connectivity index (χ1n) is 8.72. The number of nitrogens with zero attached hydrogens (tertiary/aromatic N) is 3. The van der Waals surface area contributed by atoms with E-state index in [9.17, 15) is 28.4 Å². The Morgan fingerprint density at radius 1 is 1.30 bits per heavy atom. The summed E-state index contributed by atoms with van der Waals surface area (Å²) in [6.45, 7) is 3.99. The molecule has 10 nitrogen and oxygen atoms in total. The lowest BCUT2D eigenvalue weighted by atomic mass is 10.2. The Morgan fingerprint density at radius 2 is 1.97 bits per heavy atom. The third-order valence-corrected chi connectivity index (χ3v) is 6.35. The van der Waals surface area contributed by atoms with E-state index < -0.39 is 32.3 Å². The lowest BCUT2D eigenvalue weighted by molar-refractivity contribution is -0.385. The van der Waals surface area contributed by atoms with Gasteiger partial charge in [-0.25, -0.2) is 13.8 Å². The Balaban J connectivity index is 2.23. The fourth-order valence-electron chi connectivity index (χ4n) is 2.58. The lowest BCUT2D eigenvalue weighted by Crippen LogP contribution is -2.30. The number of phenols is 1. The molecule has 2 rings (SSSR count). The predicted octanol–water partition coefficient (Wildman–Crippen LogP) is 2.75. The molecule has 0 saturated heterocycles. The van der Waals surface area contributed by atoms with E-state index in [1.165, 1.54) is 34.6 Å². The van der Waals surface area contributed by atoms with E-state index in [-0.39, 0.29) is 34.1 Å². The van der Waals surface area contributed by atoms with Crippen molar-refractivity contribution < 1.29 is 23.2 Å². The highest BCUT2D eigenvalue weighted by Crippen LogP contribution is 2.32. The maximum absolute atomic E-state index is 12.6. The number of phenolic OH excluding ortho intramolecular Hbond substituents is 1. The van der Waals surface area contributed by atoms with Gasteiger partial charge in [-0.15, -0.1) is 0 Å². The SMILES string of the molecule is CCN(CC)S(=O)(=O)c1cccc(C(=O)N/N=C\c2cc(Cl)cc([N+](=O)[O-])c2O)c1. The molecule has 0 spiro atoms. The van der Waals surface area contributed by atoms with Crippen LogP contribution in [0.3, 0.4) is 0 Å². The van der Waals surface area contributed by atoms with Gasteiger partial charge in [0.15, 0.2) is 0 Å². The molecule has 12 heteroatoms. The minimum absolute atomic E-state index is 0.00147. The zero-order chi connectivity index (χ0) is 22.5. The van der Waals surface area contributed by atoms with Crippen molar-refractivity contribution in [2.75, 3.05) is 13.1 Å². The van der Waals surface area contributed by atoms with Crippen LogP contribution in [0.5, 0.6) is 5.75 Å². The molecule has 0 fully saturated rings. The van der Waals surface area contributed by atoms with Crippen LogP contribution >= 0.6 is 11.6 Å². The van der Waals surface area contributed by atoms with E-state index in [0.717, 1.165) is 12.3 Å². The van der Waals surface area contributed by atoms with Crippen molar-refractivity contribution in [3.63, 3.8) is 0 Å². The zero-order valence-electron chi connectivity index (χ0n) is 16.1. The van der Waals surface area contributed by atoms with Crippen LogP contribution in [0.1, 0.15) is 29.8 Å². The molecule has 0 aliphatic heterocycles. The number of hydrogen-bond donors (Lipinski definition) is 2. The van der Waals surface area contributed by atoms with E-state index in [0.29, 0.717) is 0 Å². The van der Waals surface area contributed by atoms with E-state index in [1.54, 1.807) is 13.8 Å². The van der Waals surface area contributed by atoms with E-state index >= 15 is 0 Å². The number of halogens is 1. The van der Waals surface area contributed by atoms with Crippen molar-refractivity contribution in [3.05, 3.63) is 62.7 Å². The minimum Gasteiger partial charge on any atom is -0.502 e. The molecule has 2 N–H and O–H groups in total.